The summed E-state index contributed by atoms with van der Waals surface area (Å²) in [6.45, 7) is 3.31. The standard InChI is InChI=1S/C13H19NO6/c1-3-19-11(17)13(12(18)20-4-2)9(15)6-5-8-7-10(16)14(8)13/h8-9,15H,3-7H2,1-2H3. The maximum Gasteiger partial charge on any atom is 0.346 e. The summed E-state index contributed by atoms with van der Waals surface area (Å²) < 4.78 is 9.86. The average Bonchev–Trinajstić information content (AvgIpc) is 2.39. The van der Waals surface area contributed by atoms with E-state index in [2.05, 4.69) is 0 Å². The number of rotatable bonds is 4. The van der Waals surface area contributed by atoms with Gasteiger partial charge in [-0.05, 0) is 26.7 Å². The zero-order valence-electron chi connectivity index (χ0n) is 11.6. The van der Waals surface area contributed by atoms with Crippen LogP contribution < -0.4 is 0 Å². The van der Waals surface area contributed by atoms with Crippen LogP contribution in [-0.2, 0) is 23.9 Å². The molecule has 0 aliphatic carbocycles. The minimum Gasteiger partial charge on any atom is -0.464 e. The predicted octanol–water partition coefficient (Wildman–Crippen LogP) is -0.393. The predicted molar refractivity (Wildman–Crippen MR) is 66.5 cm³/mol. The molecule has 2 saturated heterocycles. The lowest BCUT2D eigenvalue weighted by Gasteiger charge is -2.55. The quantitative estimate of drug-likeness (QED) is 0.429. The fourth-order valence-corrected chi connectivity index (χ4v) is 2.95. The van der Waals surface area contributed by atoms with Gasteiger partial charge in [0.15, 0.2) is 0 Å². The van der Waals surface area contributed by atoms with E-state index in [9.17, 15) is 19.5 Å². The first-order chi connectivity index (χ1) is 9.49. The molecule has 0 bridgehead atoms. The molecule has 2 aliphatic rings. The van der Waals surface area contributed by atoms with Crippen molar-refractivity contribution in [2.75, 3.05) is 13.2 Å². The smallest absolute Gasteiger partial charge is 0.346 e. The second-order valence-electron chi connectivity index (χ2n) is 4.92. The van der Waals surface area contributed by atoms with Gasteiger partial charge in [-0.1, -0.05) is 0 Å². The maximum absolute atomic E-state index is 12.3. The summed E-state index contributed by atoms with van der Waals surface area (Å²) in [5.74, 6) is -2.16. The molecule has 1 amide bonds. The molecule has 0 spiro atoms. The van der Waals surface area contributed by atoms with E-state index in [4.69, 9.17) is 9.47 Å². The van der Waals surface area contributed by atoms with E-state index in [1.165, 1.54) is 0 Å². The lowest BCUT2D eigenvalue weighted by atomic mass is 9.75. The Kier molecular flexibility index (Phi) is 3.99. The van der Waals surface area contributed by atoms with Crippen molar-refractivity contribution in [3.8, 4) is 0 Å². The highest BCUT2D eigenvalue weighted by atomic mass is 16.6. The van der Waals surface area contributed by atoms with Crippen LogP contribution in [0.15, 0.2) is 0 Å². The largest absolute Gasteiger partial charge is 0.464 e. The molecule has 112 valence electrons. The van der Waals surface area contributed by atoms with Gasteiger partial charge >= 0.3 is 11.9 Å². The number of aliphatic hydroxyl groups is 1. The zero-order chi connectivity index (χ0) is 14.9. The fraction of sp³-hybridized carbons (Fsp3) is 0.769. The Morgan fingerprint density at radius 1 is 1.25 bits per heavy atom. The zero-order valence-corrected chi connectivity index (χ0v) is 11.6. The number of nitrogens with zero attached hydrogens (tertiary/aromatic N) is 1. The first kappa shape index (κ1) is 14.8. The van der Waals surface area contributed by atoms with Gasteiger partial charge in [0.25, 0.3) is 5.54 Å². The number of aliphatic hydroxyl groups excluding tert-OH is 1. The van der Waals surface area contributed by atoms with Gasteiger partial charge in [-0.3, -0.25) is 4.79 Å². The third-order valence-corrected chi connectivity index (χ3v) is 3.85. The molecule has 2 heterocycles. The van der Waals surface area contributed by atoms with E-state index in [0.717, 1.165) is 4.90 Å². The van der Waals surface area contributed by atoms with Crippen molar-refractivity contribution in [2.45, 2.75) is 50.8 Å². The van der Waals surface area contributed by atoms with Crippen molar-refractivity contribution >= 4 is 17.8 Å². The van der Waals surface area contributed by atoms with Crippen molar-refractivity contribution in [3.05, 3.63) is 0 Å². The Balaban J connectivity index is 2.44. The van der Waals surface area contributed by atoms with Gasteiger partial charge in [0.2, 0.25) is 5.91 Å². The number of amides is 1. The molecule has 7 heteroatoms. The number of hydrogen-bond acceptors (Lipinski definition) is 6. The number of piperidine rings is 1. The van der Waals surface area contributed by atoms with Gasteiger partial charge in [0.05, 0.1) is 19.3 Å². The SMILES string of the molecule is CCOC(=O)C1(C(=O)OCC)C(O)CCC2CC(=O)N21. The van der Waals surface area contributed by atoms with Crippen molar-refractivity contribution in [1.29, 1.82) is 0 Å². The summed E-state index contributed by atoms with van der Waals surface area (Å²) in [7, 11) is 0. The first-order valence-electron chi connectivity index (χ1n) is 6.84. The van der Waals surface area contributed by atoms with Crippen molar-refractivity contribution in [1.82, 2.24) is 4.90 Å². The Morgan fingerprint density at radius 2 is 1.80 bits per heavy atom. The Bertz CT molecular complexity index is 417. The highest BCUT2D eigenvalue weighted by Gasteiger charge is 2.67. The Labute approximate surface area is 116 Å². The van der Waals surface area contributed by atoms with Crippen LogP contribution in [0.1, 0.15) is 33.1 Å². The van der Waals surface area contributed by atoms with Gasteiger partial charge in [-0.15, -0.1) is 0 Å². The van der Waals surface area contributed by atoms with Gasteiger partial charge in [-0.25, -0.2) is 9.59 Å². The lowest BCUT2D eigenvalue weighted by molar-refractivity contribution is -0.208. The number of hydrogen-bond donors (Lipinski definition) is 1. The highest BCUT2D eigenvalue weighted by Crippen LogP contribution is 2.42. The van der Waals surface area contributed by atoms with E-state index < -0.39 is 23.6 Å². The van der Waals surface area contributed by atoms with Crippen molar-refractivity contribution < 1.29 is 29.0 Å². The van der Waals surface area contributed by atoms with Gasteiger partial charge in [0.1, 0.15) is 0 Å². The second-order valence-corrected chi connectivity index (χ2v) is 4.92. The number of esters is 2. The normalized spacial score (nSPS) is 27.4. The molecule has 0 saturated carbocycles. The lowest BCUT2D eigenvalue weighted by Crippen LogP contribution is -2.78. The molecule has 2 atom stereocenters. The van der Waals surface area contributed by atoms with Crippen LogP contribution in [0.3, 0.4) is 0 Å². The number of β-lactam (4-membered cyclic amide) rings is 1. The summed E-state index contributed by atoms with van der Waals surface area (Å²) in [5, 5.41) is 10.3. The minimum absolute atomic E-state index is 0.0550. The van der Waals surface area contributed by atoms with Gasteiger partial charge in [0, 0.05) is 12.5 Å². The van der Waals surface area contributed by atoms with Crippen LogP contribution >= 0.6 is 0 Å². The van der Waals surface area contributed by atoms with Gasteiger partial charge < -0.3 is 19.5 Å². The summed E-state index contributed by atoms with van der Waals surface area (Å²) in [5.41, 5.74) is -2.04. The molecule has 2 unspecified atom stereocenters. The molecule has 0 aromatic carbocycles. The molecule has 1 N–H and O–H groups in total. The van der Waals surface area contributed by atoms with Crippen LogP contribution in [0.25, 0.3) is 0 Å². The third kappa shape index (κ3) is 1.88. The van der Waals surface area contributed by atoms with Crippen LogP contribution in [0.4, 0.5) is 0 Å². The van der Waals surface area contributed by atoms with Crippen LogP contribution in [-0.4, -0.2) is 58.8 Å². The monoisotopic (exact) mass is 285 g/mol. The topological polar surface area (TPSA) is 93.1 Å². The minimum atomic E-state index is -2.04. The maximum atomic E-state index is 12.3. The highest BCUT2D eigenvalue weighted by molar-refractivity contribution is 6.10. The van der Waals surface area contributed by atoms with E-state index in [1.807, 2.05) is 0 Å². The third-order valence-electron chi connectivity index (χ3n) is 3.85. The molecule has 20 heavy (non-hydrogen) atoms. The van der Waals surface area contributed by atoms with E-state index in [0.29, 0.717) is 6.42 Å². The van der Waals surface area contributed by atoms with E-state index in [1.54, 1.807) is 13.8 Å². The molecular formula is C13H19NO6. The first-order valence-corrected chi connectivity index (χ1v) is 6.84. The molecular weight excluding hydrogens is 266 g/mol. The Morgan fingerprint density at radius 3 is 2.25 bits per heavy atom. The van der Waals surface area contributed by atoms with Gasteiger partial charge in [-0.2, -0.15) is 0 Å². The average molecular weight is 285 g/mol. The second kappa shape index (κ2) is 5.40. The van der Waals surface area contributed by atoms with E-state index in [-0.39, 0.29) is 38.0 Å². The molecule has 0 aromatic heterocycles. The van der Waals surface area contributed by atoms with Crippen LogP contribution in [0.5, 0.6) is 0 Å². The van der Waals surface area contributed by atoms with E-state index >= 15 is 0 Å². The molecule has 0 aromatic rings. The molecule has 2 aliphatic heterocycles. The van der Waals surface area contributed by atoms with Crippen LogP contribution in [0, 0.1) is 0 Å². The van der Waals surface area contributed by atoms with Crippen LogP contribution in [0.2, 0.25) is 0 Å². The Hall–Kier alpha value is -1.63. The number of ether oxygens (including phenoxy) is 2. The molecule has 2 rings (SSSR count). The van der Waals surface area contributed by atoms with Crippen molar-refractivity contribution in [3.63, 3.8) is 0 Å². The number of carbonyl (C=O) groups is 3. The summed E-state index contributed by atoms with van der Waals surface area (Å²) in [6.07, 6.45) is -0.201. The fourth-order valence-electron chi connectivity index (χ4n) is 2.95. The molecule has 7 nitrogen and oxygen atoms in total. The summed E-state index contributed by atoms with van der Waals surface area (Å²) in [6, 6.07) is -0.209. The number of carbonyl (C=O) groups excluding carboxylic acids is 3. The van der Waals surface area contributed by atoms with Crippen molar-refractivity contribution in [2.24, 2.45) is 0 Å². The molecule has 0 radical (unpaired) electrons. The molecule has 2 fully saturated rings. The summed E-state index contributed by atoms with van der Waals surface area (Å²) >= 11 is 0. The summed E-state index contributed by atoms with van der Waals surface area (Å²) in [4.78, 5) is 37.6. The number of fused-ring (bicyclic) bond motifs is 1.